The van der Waals surface area contributed by atoms with Crippen molar-refractivity contribution in [3.8, 4) is 11.8 Å². The van der Waals surface area contributed by atoms with Gasteiger partial charge >= 0.3 is 6.01 Å². The zero-order valence-electron chi connectivity index (χ0n) is 18.5. The van der Waals surface area contributed by atoms with Gasteiger partial charge in [-0.3, -0.25) is 0 Å². The minimum Gasteiger partial charge on any atom is -0.494 e. The smallest absolute Gasteiger partial charge is 0.323 e. The van der Waals surface area contributed by atoms with Crippen LogP contribution in [-0.2, 0) is 13.7 Å². The lowest BCUT2D eigenvalue weighted by Crippen LogP contribution is -2.21. The summed E-state index contributed by atoms with van der Waals surface area (Å²) in [6.45, 7) is 0.326. The highest BCUT2D eigenvalue weighted by molar-refractivity contribution is 5.56. The van der Waals surface area contributed by atoms with Crippen molar-refractivity contribution in [2.45, 2.75) is 51.2 Å². The van der Waals surface area contributed by atoms with E-state index in [-0.39, 0.29) is 17.7 Å². The van der Waals surface area contributed by atoms with Crippen LogP contribution in [0, 0.1) is 5.82 Å². The van der Waals surface area contributed by atoms with Crippen molar-refractivity contribution in [2.75, 3.05) is 17.7 Å². The molecular weight excluding hydrogens is 411 g/mol. The Bertz CT molecular complexity index is 1030. The van der Waals surface area contributed by atoms with Gasteiger partial charge in [0.05, 0.1) is 12.8 Å². The summed E-state index contributed by atoms with van der Waals surface area (Å²) in [7, 11) is 3.38. The summed E-state index contributed by atoms with van der Waals surface area (Å²) < 4.78 is 26.9. The number of methoxy groups -OCH3 is 1. The monoisotopic (exact) mass is 440 g/mol. The van der Waals surface area contributed by atoms with Gasteiger partial charge in [-0.05, 0) is 37.1 Å². The Kier molecular flexibility index (Phi) is 7.03. The first-order chi connectivity index (χ1) is 15.6. The fraction of sp³-hybridized carbons (Fsp3) is 0.435. The maximum atomic E-state index is 14.1. The van der Waals surface area contributed by atoms with Crippen molar-refractivity contribution in [3.63, 3.8) is 0 Å². The van der Waals surface area contributed by atoms with Gasteiger partial charge in [-0.15, -0.1) is 0 Å². The van der Waals surface area contributed by atoms with Gasteiger partial charge < -0.3 is 24.7 Å². The van der Waals surface area contributed by atoms with E-state index in [4.69, 9.17) is 9.47 Å². The Hall–Kier alpha value is -3.36. The Morgan fingerprint density at radius 3 is 2.53 bits per heavy atom. The Morgan fingerprint density at radius 1 is 1.06 bits per heavy atom. The summed E-state index contributed by atoms with van der Waals surface area (Å²) >= 11 is 0. The fourth-order valence-electron chi connectivity index (χ4n) is 3.81. The number of nitrogens with zero attached hydrogens (tertiary/aromatic N) is 4. The molecule has 4 rings (SSSR count). The van der Waals surface area contributed by atoms with Gasteiger partial charge in [-0.25, -0.2) is 4.39 Å². The van der Waals surface area contributed by atoms with E-state index in [1.807, 2.05) is 29.9 Å². The highest BCUT2D eigenvalue weighted by Gasteiger charge is 2.16. The Morgan fingerprint density at radius 2 is 1.84 bits per heavy atom. The average molecular weight is 441 g/mol. The van der Waals surface area contributed by atoms with Crippen LogP contribution in [0.15, 0.2) is 36.5 Å². The SMILES string of the molecule is COc1ccc(Nc2nc(NC3CCCCCC3)nc(OCc3cccn3C)n2)cc1F. The van der Waals surface area contributed by atoms with Crippen LogP contribution in [-0.4, -0.2) is 32.7 Å². The minimum atomic E-state index is -0.469. The van der Waals surface area contributed by atoms with Crippen molar-refractivity contribution in [1.29, 1.82) is 0 Å². The minimum absolute atomic E-state index is 0.175. The van der Waals surface area contributed by atoms with Crippen LogP contribution in [0.5, 0.6) is 11.8 Å². The van der Waals surface area contributed by atoms with Crippen LogP contribution in [0.2, 0.25) is 0 Å². The molecule has 3 aromatic rings. The number of halogens is 1. The van der Waals surface area contributed by atoms with Crippen LogP contribution in [0.1, 0.15) is 44.2 Å². The summed E-state index contributed by atoms with van der Waals surface area (Å²) in [6.07, 6.45) is 9.02. The maximum absolute atomic E-state index is 14.1. The third-order valence-corrected chi connectivity index (χ3v) is 5.61. The van der Waals surface area contributed by atoms with Gasteiger partial charge in [0.15, 0.2) is 11.6 Å². The molecule has 2 heterocycles. The topological polar surface area (TPSA) is 86.1 Å². The molecule has 8 nitrogen and oxygen atoms in total. The standard InChI is InChI=1S/C23H29FN6O2/c1-30-13-7-10-18(30)15-32-23-28-21(25-16-8-5-3-4-6-9-16)27-22(29-23)26-17-11-12-20(31-2)19(24)14-17/h7,10-14,16H,3-6,8-9,15H2,1-2H3,(H2,25,26,27,28,29). The fourth-order valence-corrected chi connectivity index (χ4v) is 3.81. The van der Waals surface area contributed by atoms with Gasteiger partial charge in [0.1, 0.15) is 6.61 Å². The molecule has 32 heavy (non-hydrogen) atoms. The van der Waals surface area contributed by atoms with Gasteiger partial charge in [0.25, 0.3) is 0 Å². The number of anilines is 3. The number of aryl methyl sites for hydroxylation is 1. The second-order valence-electron chi connectivity index (χ2n) is 7.97. The van der Waals surface area contributed by atoms with E-state index in [0.29, 0.717) is 24.3 Å². The summed E-state index contributed by atoms with van der Waals surface area (Å²) in [4.78, 5) is 13.4. The molecule has 0 bridgehead atoms. The lowest BCUT2D eigenvalue weighted by atomic mass is 10.1. The lowest BCUT2D eigenvalue weighted by Gasteiger charge is -2.17. The number of hydrogen-bond donors (Lipinski definition) is 2. The van der Waals surface area contributed by atoms with Crippen LogP contribution >= 0.6 is 0 Å². The van der Waals surface area contributed by atoms with E-state index in [2.05, 4.69) is 25.6 Å². The molecule has 1 aliphatic rings. The summed E-state index contributed by atoms with van der Waals surface area (Å²) in [5.74, 6) is 0.435. The highest BCUT2D eigenvalue weighted by Crippen LogP contribution is 2.25. The van der Waals surface area contributed by atoms with Gasteiger partial charge in [-0.1, -0.05) is 25.7 Å². The maximum Gasteiger partial charge on any atom is 0.323 e. The second kappa shape index (κ2) is 10.3. The third-order valence-electron chi connectivity index (χ3n) is 5.61. The van der Waals surface area contributed by atoms with Gasteiger partial charge in [-0.2, -0.15) is 15.0 Å². The largest absolute Gasteiger partial charge is 0.494 e. The second-order valence-corrected chi connectivity index (χ2v) is 7.97. The van der Waals surface area contributed by atoms with E-state index in [9.17, 15) is 4.39 Å². The van der Waals surface area contributed by atoms with Crippen molar-refractivity contribution >= 4 is 17.6 Å². The predicted octanol–water partition coefficient (Wildman–Crippen LogP) is 4.82. The highest BCUT2D eigenvalue weighted by atomic mass is 19.1. The van der Waals surface area contributed by atoms with Crippen molar-refractivity contribution in [1.82, 2.24) is 19.5 Å². The lowest BCUT2D eigenvalue weighted by molar-refractivity contribution is 0.273. The first-order valence-corrected chi connectivity index (χ1v) is 11.0. The molecule has 0 radical (unpaired) electrons. The molecule has 0 spiro atoms. The number of nitrogens with one attached hydrogen (secondary N) is 2. The molecule has 0 saturated heterocycles. The molecule has 0 unspecified atom stereocenters. The third kappa shape index (κ3) is 5.66. The molecule has 1 aromatic carbocycles. The molecule has 2 aromatic heterocycles. The molecule has 0 aliphatic heterocycles. The zero-order valence-corrected chi connectivity index (χ0v) is 18.5. The van der Waals surface area contributed by atoms with Gasteiger partial charge in [0.2, 0.25) is 11.9 Å². The molecule has 0 amide bonds. The molecule has 1 aliphatic carbocycles. The van der Waals surface area contributed by atoms with Crippen LogP contribution < -0.4 is 20.1 Å². The number of aromatic nitrogens is 4. The molecule has 170 valence electrons. The number of ether oxygens (including phenoxy) is 2. The van der Waals surface area contributed by atoms with Crippen LogP contribution in [0.4, 0.5) is 22.0 Å². The molecule has 9 heteroatoms. The van der Waals surface area contributed by atoms with Crippen molar-refractivity contribution < 1.29 is 13.9 Å². The molecule has 0 atom stereocenters. The molecule has 2 N–H and O–H groups in total. The summed E-state index contributed by atoms with van der Waals surface area (Å²) in [5.41, 5.74) is 1.50. The first-order valence-electron chi connectivity index (χ1n) is 11.0. The Labute approximate surface area is 187 Å². The Balaban J connectivity index is 1.55. The molecule has 1 fully saturated rings. The predicted molar refractivity (Wildman–Crippen MR) is 121 cm³/mol. The van der Waals surface area contributed by atoms with E-state index >= 15 is 0 Å². The van der Waals surface area contributed by atoms with Crippen molar-refractivity contribution in [2.24, 2.45) is 7.05 Å². The quantitative estimate of drug-likeness (QED) is 0.486. The van der Waals surface area contributed by atoms with E-state index in [1.165, 1.54) is 38.9 Å². The van der Waals surface area contributed by atoms with Crippen molar-refractivity contribution in [3.05, 3.63) is 48.0 Å². The molecular formula is C23H29FN6O2. The number of benzene rings is 1. The first kappa shape index (κ1) is 21.9. The summed E-state index contributed by atoms with van der Waals surface area (Å²) in [5, 5.41) is 6.49. The van der Waals surface area contributed by atoms with E-state index < -0.39 is 5.82 Å². The normalized spacial score (nSPS) is 14.6. The van der Waals surface area contributed by atoms with E-state index in [0.717, 1.165) is 18.5 Å². The number of rotatable bonds is 8. The van der Waals surface area contributed by atoms with Gasteiger partial charge in [0, 0.05) is 31.0 Å². The number of hydrogen-bond acceptors (Lipinski definition) is 7. The zero-order chi connectivity index (χ0) is 22.3. The van der Waals surface area contributed by atoms with Crippen LogP contribution in [0.25, 0.3) is 0 Å². The summed E-state index contributed by atoms with van der Waals surface area (Å²) in [6, 6.07) is 9.04. The average Bonchev–Trinajstić information content (AvgIpc) is 3.01. The van der Waals surface area contributed by atoms with Crippen LogP contribution in [0.3, 0.4) is 0 Å². The van der Waals surface area contributed by atoms with E-state index in [1.54, 1.807) is 12.1 Å². The molecule has 1 saturated carbocycles.